The van der Waals surface area contributed by atoms with Crippen LogP contribution in [-0.2, 0) is 0 Å². The second-order valence-corrected chi connectivity index (χ2v) is 9.90. The molecule has 1 aliphatic rings. The molecule has 0 saturated carbocycles. The molecular formula is C30H31N5O. The molecule has 1 saturated heterocycles. The van der Waals surface area contributed by atoms with Crippen LogP contribution in [-0.4, -0.2) is 44.9 Å². The molecule has 2 aromatic heterocycles. The highest BCUT2D eigenvalue weighted by Gasteiger charge is 2.24. The van der Waals surface area contributed by atoms with Crippen LogP contribution in [0.25, 0.3) is 38.7 Å². The first-order valence-corrected chi connectivity index (χ1v) is 12.6. The Labute approximate surface area is 211 Å². The number of anilines is 1. The predicted octanol–water partition coefficient (Wildman–Crippen LogP) is 5.46. The Morgan fingerprint density at radius 3 is 2.31 bits per heavy atom. The van der Waals surface area contributed by atoms with Crippen LogP contribution in [0.5, 0.6) is 0 Å². The molecule has 36 heavy (non-hydrogen) atoms. The zero-order chi connectivity index (χ0) is 24.8. The zero-order valence-electron chi connectivity index (χ0n) is 20.9. The van der Waals surface area contributed by atoms with Crippen molar-refractivity contribution < 1.29 is 5.11 Å². The Hall–Kier alpha value is -3.74. The lowest BCUT2D eigenvalue weighted by Crippen LogP contribution is -2.55. The third-order valence-corrected chi connectivity index (χ3v) is 7.38. The van der Waals surface area contributed by atoms with Gasteiger partial charge in [-0.15, -0.1) is 0 Å². The van der Waals surface area contributed by atoms with Gasteiger partial charge in [-0.1, -0.05) is 48.5 Å². The average Bonchev–Trinajstić information content (AvgIpc) is 3.31. The number of benzene rings is 3. The summed E-state index contributed by atoms with van der Waals surface area (Å²) in [5.74, 6) is 0. The molecule has 0 spiro atoms. The number of aliphatic hydroxyl groups excluding tert-OH is 1. The van der Waals surface area contributed by atoms with E-state index >= 15 is 0 Å². The van der Waals surface area contributed by atoms with Crippen molar-refractivity contribution in [3.63, 3.8) is 0 Å². The summed E-state index contributed by atoms with van der Waals surface area (Å²) in [6.07, 6.45) is 5.32. The number of hydrogen-bond donors (Lipinski definition) is 2. The molecule has 6 heteroatoms. The Balaban J connectivity index is 1.35. The molecule has 0 bridgehead atoms. The predicted molar refractivity (Wildman–Crippen MR) is 146 cm³/mol. The maximum Gasteiger partial charge on any atom is 0.162 e. The van der Waals surface area contributed by atoms with Crippen molar-refractivity contribution in [2.24, 2.45) is 0 Å². The minimum Gasteiger partial charge on any atom is -0.389 e. The Bertz CT molecular complexity index is 1530. The first-order valence-electron chi connectivity index (χ1n) is 12.6. The van der Waals surface area contributed by atoms with Crippen molar-refractivity contribution in [2.45, 2.75) is 39.0 Å². The van der Waals surface area contributed by atoms with Gasteiger partial charge in [-0.3, -0.25) is 0 Å². The van der Waals surface area contributed by atoms with Gasteiger partial charge in [-0.2, -0.15) is 5.10 Å². The highest BCUT2D eigenvalue weighted by atomic mass is 16.3. The molecule has 0 amide bonds. The quantitative estimate of drug-likeness (QED) is 0.360. The monoisotopic (exact) mass is 477 g/mol. The van der Waals surface area contributed by atoms with Crippen LogP contribution in [0.15, 0.2) is 79.3 Å². The van der Waals surface area contributed by atoms with E-state index in [-0.39, 0.29) is 0 Å². The van der Waals surface area contributed by atoms with E-state index < -0.39 is 6.10 Å². The van der Waals surface area contributed by atoms with Crippen molar-refractivity contribution in [3.8, 4) is 22.3 Å². The second-order valence-electron chi connectivity index (χ2n) is 9.90. The van der Waals surface area contributed by atoms with Crippen LogP contribution >= 0.6 is 0 Å². The van der Waals surface area contributed by atoms with Crippen LogP contribution < -0.4 is 10.2 Å². The van der Waals surface area contributed by atoms with E-state index in [1.807, 2.05) is 41.3 Å². The smallest absolute Gasteiger partial charge is 0.162 e. The summed E-state index contributed by atoms with van der Waals surface area (Å²) in [5.41, 5.74) is 7.18. The third kappa shape index (κ3) is 3.83. The van der Waals surface area contributed by atoms with E-state index in [1.165, 1.54) is 5.69 Å². The summed E-state index contributed by atoms with van der Waals surface area (Å²) in [4.78, 5) is 7.32. The summed E-state index contributed by atoms with van der Waals surface area (Å²) in [7, 11) is 0. The molecule has 182 valence electrons. The molecule has 6 rings (SSSR count). The number of hydrogen-bond acceptors (Lipinski definition) is 5. The summed E-state index contributed by atoms with van der Waals surface area (Å²) < 4.78 is 1.86. The van der Waals surface area contributed by atoms with E-state index in [9.17, 15) is 5.11 Å². The fraction of sp³-hybridized carbons (Fsp3) is 0.267. The van der Waals surface area contributed by atoms with Crippen LogP contribution in [0.4, 0.5) is 5.69 Å². The maximum absolute atomic E-state index is 10.2. The minimum atomic E-state index is -0.530. The van der Waals surface area contributed by atoms with Crippen molar-refractivity contribution in [1.29, 1.82) is 0 Å². The summed E-state index contributed by atoms with van der Waals surface area (Å²) in [6, 6.07) is 21.9. The summed E-state index contributed by atoms with van der Waals surface area (Å²) in [6.45, 7) is 8.35. The van der Waals surface area contributed by atoms with Gasteiger partial charge in [0.05, 0.1) is 12.3 Å². The lowest BCUT2D eigenvalue weighted by molar-refractivity contribution is 0.201. The van der Waals surface area contributed by atoms with Crippen molar-refractivity contribution in [1.82, 2.24) is 19.9 Å². The molecular weight excluding hydrogens is 446 g/mol. The fourth-order valence-electron chi connectivity index (χ4n) is 5.60. The number of rotatable bonds is 4. The zero-order valence-corrected chi connectivity index (χ0v) is 20.9. The number of fused-ring (bicyclic) bond motifs is 2. The molecule has 3 aromatic carbocycles. The average molecular weight is 478 g/mol. The van der Waals surface area contributed by atoms with Gasteiger partial charge in [0.15, 0.2) is 5.65 Å². The van der Waals surface area contributed by atoms with Gasteiger partial charge in [0, 0.05) is 54.4 Å². The largest absolute Gasteiger partial charge is 0.389 e. The summed E-state index contributed by atoms with van der Waals surface area (Å²) >= 11 is 0. The molecule has 3 heterocycles. The molecule has 1 fully saturated rings. The number of piperazine rings is 1. The molecule has 6 nitrogen and oxygen atoms in total. The third-order valence-electron chi connectivity index (χ3n) is 7.38. The van der Waals surface area contributed by atoms with Crippen LogP contribution in [0.1, 0.15) is 32.4 Å². The van der Waals surface area contributed by atoms with E-state index in [0.29, 0.717) is 12.1 Å². The number of aromatic nitrogens is 3. The highest BCUT2D eigenvalue weighted by molar-refractivity contribution is 6.01. The second kappa shape index (κ2) is 9.04. The number of nitrogens with one attached hydrogen (secondary N) is 1. The van der Waals surface area contributed by atoms with Gasteiger partial charge in [-0.25, -0.2) is 9.50 Å². The van der Waals surface area contributed by atoms with Crippen LogP contribution in [0.3, 0.4) is 0 Å². The van der Waals surface area contributed by atoms with Crippen molar-refractivity contribution in [2.75, 3.05) is 18.0 Å². The van der Waals surface area contributed by atoms with Gasteiger partial charge in [0.2, 0.25) is 0 Å². The maximum atomic E-state index is 10.2. The number of nitrogens with zero attached hydrogens (tertiary/aromatic N) is 4. The van der Waals surface area contributed by atoms with Gasteiger partial charge >= 0.3 is 0 Å². The van der Waals surface area contributed by atoms with Gasteiger partial charge in [0.25, 0.3) is 0 Å². The normalized spacial score (nSPS) is 19.2. The van der Waals surface area contributed by atoms with Gasteiger partial charge < -0.3 is 15.3 Å². The van der Waals surface area contributed by atoms with Crippen molar-refractivity contribution >= 4 is 22.1 Å². The van der Waals surface area contributed by atoms with E-state index in [1.54, 1.807) is 6.92 Å². The summed E-state index contributed by atoms with van der Waals surface area (Å²) in [5, 5.41) is 20.5. The molecule has 2 N–H and O–H groups in total. The SMILES string of the molecule is CC(O)c1ccc(-c2cnn3cc(-c4ccc(N5[C@H](C)CNC[C@@H]5C)cc4)cnc23)c2ccccc12. The Morgan fingerprint density at radius 1 is 0.861 bits per heavy atom. The first-order chi connectivity index (χ1) is 17.5. The standard InChI is InChI=1S/C30H31N5O/c1-19-14-31-15-20(2)35(19)24-10-8-22(9-11-24)23-16-32-30-29(17-33-34(30)18-23)28-13-12-25(21(3)36)26-6-4-5-7-27(26)28/h4-13,16-21,31,36H,14-15H2,1-3H3/t19-,20+,21?. The Kier molecular flexibility index (Phi) is 5.70. The lowest BCUT2D eigenvalue weighted by Gasteiger charge is -2.41. The van der Waals surface area contributed by atoms with Crippen molar-refractivity contribution in [3.05, 3.63) is 84.8 Å². The van der Waals surface area contributed by atoms with E-state index in [4.69, 9.17) is 4.98 Å². The molecule has 1 aliphatic heterocycles. The topological polar surface area (TPSA) is 65.7 Å². The lowest BCUT2D eigenvalue weighted by atomic mass is 9.94. The Morgan fingerprint density at radius 2 is 1.58 bits per heavy atom. The van der Waals surface area contributed by atoms with Gasteiger partial charge in [0.1, 0.15) is 0 Å². The molecule has 3 atom stereocenters. The number of aliphatic hydroxyl groups is 1. The van der Waals surface area contributed by atoms with Crippen LogP contribution in [0, 0.1) is 0 Å². The van der Waals surface area contributed by atoms with E-state index in [2.05, 4.69) is 71.6 Å². The molecule has 1 unspecified atom stereocenters. The van der Waals surface area contributed by atoms with E-state index in [0.717, 1.165) is 57.3 Å². The molecule has 5 aromatic rings. The van der Waals surface area contributed by atoms with Crippen LogP contribution in [0.2, 0.25) is 0 Å². The highest BCUT2D eigenvalue weighted by Crippen LogP contribution is 2.35. The minimum absolute atomic E-state index is 0.464. The first kappa shape index (κ1) is 22.7. The molecule has 0 radical (unpaired) electrons. The fourth-order valence-corrected chi connectivity index (χ4v) is 5.60. The molecule has 0 aliphatic carbocycles. The van der Waals surface area contributed by atoms with Gasteiger partial charge in [-0.05, 0) is 60.4 Å².